The maximum absolute atomic E-state index is 11.4. The Hall–Kier alpha value is -0.380. The van der Waals surface area contributed by atoms with Crippen LogP contribution in [0.5, 0.6) is 0 Å². The molecule has 2 aromatic heterocycles. The molecule has 8 nitrogen and oxygen atoms in total. The SMILES string of the molecule is CC(=O)O.Cn1c(=O)c2[nH]cnc2n(C)c1=O.[Na].[Na]. The van der Waals surface area contributed by atoms with Gasteiger partial charge in [-0.25, -0.2) is 9.78 Å². The second kappa shape index (κ2) is 8.72. The number of carbonyl (C=O) groups is 1. The van der Waals surface area contributed by atoms with Gasteiger partial charge in [0.1, 0.15) is 5.52 Å². The number of aromatic nitrogens is 4. The minimum absolute atomic E-state index is 0. The van der Waals surface area contributed by atoms with Crippen LogP contribution in [0.4, 0.5) is 0 Å². The van der Waals surface area contributed by atoms with Gasteiger partial charge in [0.05, 0.1) is 6.33 Å². The van der Waals surface area contributed by atoms with Crippen LogP contribution < -0.4 is 11.2 Å². The Labute approximate surface area is 152 Å². The predicted molar refractivity (Wildman–Crippen MR) is 71.4 cm³/mol. The molecule has 0 atom stereocenters. The van der Waals surface area contributed by atoms with Gasteiger partial charge in [-0.1, -0.05) is 0 Å². The van der Waals surface area contributed by atoms with E-state index in [0.717, 1.165) is 11.5 Å². The molecule has 2 aromatic rings. The number of fused-ring (bicyclic) bond motifs is 1. The summed E-state index contributed by atoms with van der Waals surface area (Å²) in [7, 11) is 3.01. The van der Waals surface area contributed by atoms with Crippen LogP contribution in [0, 0.1) is 0 Å². The normalized spacial score (nSPS) is 8.79. The fourth-order valence-electron chi connectivity index (χ4n) is 1.27. The standard InChI is InChI=1S/C7H8N4O2.C2H4O2.2Na/c1-10-5-4(8-3-9-5)6(12)11(2)7(10)13;1-2(3)4;;/h3H,1-2H3,(H,8,9);1H3,(H,3,4);;. The first-order valence-corrected chi connectivity index (χ1v) is 4.65. The molecule has 2 heterocycles. The smallest absolute Gasteiger partial charge is 0.332 e. The Bertz CT molecular complexity index is 669. The van der Waals surface area contributed by atoms with Crippen molar-refractivity contribution in [2.75, 3.05) is 0 Å². The van der Waals surface area contributed by atoms with Crippen molar-refractivity contribution >= 4 is 76.2 Å². The summed E-state index contributed by atoms with van der Waals surface area (Å²) < 4.78 is 2.37. The average molecular weight is 286 g/mol. The molecule has 0 aliphatic carbocycles. The molecule has 0 aromatic carbocycles. The van der Waals surface area contributed by atoms with Crippen molar-refractivity contribution in [1.29, 1.82) is 0 Å². The topological polar surface area (TPSA) is 110 Å². The molecule has 0 spiro atoms. The summed E-state index contributed by atoms with van der Waals surface area (Å²) in [6, 6.07) is 0. The second-order valence-electron chi connectivity index (χ2n) is 3.33. The molecule has 0 amide bonds. The summed E-state index contributed by atoms with van der Waals surface area (Å²) in [4.78, 5) is 38.4. The zero-order chi connectivity index (χ0) is 13.2. The van der Waals surface area contributed by atoms with Crippen molar-refractivity contribution in [1.82, 2.24) is 19.1 Å². The Morgan fingerprint density at radius 2 is 1.74 bits per heavy atom. The van der Waals surface area contributed by atoms with Crippen molar-refractivity contribution in [3.8, 4) is 0 Å². The fraction of sp³-hybridized carbons (Fsp3) is 0.333. The van der Waals surface area contributed by atoms with E-state index in [2.05, 4.69) is 9.97 Å². The van der Waals surface area contributed by atoms with Crippen LogP contribution in [0.3, 0.4) is 0 Å². The fourth-order valence-corrected chi connectivity index (χ4v) is 1.27. The first-order valence-electron chi connectivity index (χ1n) is 4.65. The maximum atomic E-state index is 11.4. The molecule has 2 N–H and O–H groups in total. The molecule has 0 saturated carbocycles. The van der Waals surface area contributed by atoms with Crippen LogP contribution in [0.2, 0.25) is 0 Å². The summed E-state index contributed by atoms with van der Waals surface area (Å²) in [5.41, 5.74) is 0.0119. The first-order chi connectivity index (χ1) is 7.86. The van der Waals surface area contributed by atoms with Gasteiger partial charge < -0.3 is 10.1 Å². The molecule has 0 fully saturated rings. The first kappa shape index (κ1) is 20.9. The third kappa shape index (κ3) is 4.90. The van der Waals surface area contributed by atoms with Gasteiger partial charge in [-0.15, -0.1) is 0 Å². The van der Waals surface area contributed by atoms with Crippen molar-refractivity contribution in [2.24, 2.45) is 14.1 Å². The van der Waals surface area contributed by atoms with Crippen molar-refractivity contribution in [3.05, 3.63) is 27.2 Å². The van der Waals surface area contributed by atoms with E-state index in [1.54, 1.807) is 7.05 Å². The van der Waals surface area contributed by atoms with Crippen molar-refractivity contribution < 1.29 is 9.90 Å². The largest absolute Gasteiger partial charge is 0.481 e. The Morgan fingerprint density at radius 3 is 2.21 bits per heavy atom. The number of H-pyrrole nitrogens is 1. The van der Waals surface area contributed by atoms with E-state index >= 15 is 0 Å². The molecule has 10 heteroatoms. The van der Waals surface area contributed by atoms with E-state index < -0.39 is 5.97 Å². The quantitative estimate of drug-likeness (QED) is 0.560. The van der Waals surface area contributed by atoms with Crippen LogP contribution in [0.15, 0.2) is 15.9 Å². The van der Waals surface area contributed by atoms with E-state index in [-0.39, 0.29) is 70.4 Å². The number of aryl methyl sites for hydroxylation is 1. The van der Waals surface area contributed by atoms with Crippen LogP contribution in [0.25, 0.3) is 11.2 Å². The van der Waals surface area contributed by atoms with Gasteiger partial charge in [0.15, 0.2) is 5.65 Å². The van der Waals surface area contributed by atoms with Crippen LogP contribution in [-0.4, -0.2) is 89.3 Å². The molecular formula is C9H12N4Na2O4. The number of hydrogen-bond acceptors (Lipinski definition) is 4. The summed E-state index contributed by atoms with van der Waals surface area (Å²) in [5, 5.41) is 7.42. The molecule has 0 bridgehead atoms. The third-order valence-electron chi connectivity index (χ3n) is 2.03. The Morgan fingerprint density at radius 1 is 1.26 bits per heavy atom. The molecule has 0 saturated heterocycles. The van der Waals surface area contributed by atoms with Gasteiger partial charge in [-0.3, -0.25) is 18.7 Å². The monoisotopic (exact) mass is 286 g/mol. The van der Waals surface area contributed by atoms with Gasteiger partial charge >= 0.3 is 5.69 Å². The molecule has 2 radical (unpaired) electrons. The van der Waals surface area contributed by atoms with Gasteiger partial charge in [0.2, 0.25) is 0 Å². The molecular weight excluding hydrogens is 274 g/mol. The molecule has 0 aliphatic rings. The van der Waals surface area contributed by atoms with Crippen LogP contribution in [-0.2, 0) is 18.9 Å². The minimum Gasteiger partial charge on any atom is -0.481 e. The van der Waals surface area contributed by atoms with Gasteiger partial charge in [-0.05, 0) is 0 Å². The Balaban J connectivity index is 0. The van der Waals surface area contributed by atoms with E-state index in [9.17, 15) is 9.59 Å². The number of rotatable bonds is 0. The summed E-state index contributed by atoms with van der Waals surface area (Å²) in [5.74, 6) is -0.833. The Kier molecular flexibility index (Phi) is 9.61. The molecule has 0 aliphatic heterocycles. The molecule has 94 valence electrons. The van der Waals surface area contributed by atoms with Gasteiger partial charge in [0, 0.05) is 80.1 Å². The number of aromatic amines is 1. The van der Waals surface area contributed by atoms with Crippen LogP contribution in [0.1, 0.15) is 6.92 Å². The number of carboxylic acid groups (broad SMARTS) is 1. The van der Waals surface area contributed by atoms with E-state index in [4.69, 9.17) is 9.90 Å². The van der Waals surface area contributed by atoms with E-state index in [1.807, 2.05) is 0 Å². The predicted octanol–water partition coefficient (Wildman–Crippen LogP) is -1.71. The summed E-state index contributed by atoms with van der Waals surface area (Å²) in [6.07, 6.45) is 1.39. The average Bonchev–Trinajstić information content (AvgIpc) is 2.71. The zero-order valence-corrected chi connectivity index (χ0v) is 15.6. The van der Waals surface area contributed by atoms with Crippen molar-refractivity contribution in [3.63, 3.8) is 0 Å². The maximum Gasteiger partial charge on any atom is 0.332 e. The number of imidazole rings is 1. The summed E-state index contributed by atoms with van der Waals surface area (Å²) in [6.45, 7) is 1.08. The van der Waals surface area contributed by atoms with Gasteiger partial charge in [0.25, 0.3) is 11.5 Å². The third-order valence-corrected chi connectivity index (χ3v) is 2.03. The number of nitrogens with one attached hydrogen (secondary N) is 1. The van der Waals surface area contributed by atoms with E-state index in [0.29, 0.717) is 11.2 Å². The molecule has 0 unspecified atom stereocenters. The van der Waals surface area contributed by atoms with Crippen molar-refractivity contribution in [2.45, 2.75) is 6.92 Å². The number of carboxylic acids is 1. The number of aliphatic carboxylic acids is 1. The molecule has 19 heavy (non-hydrogen) atoms. The zero-order valence-electron chi connectivity index (χ0n) is 11.6. The number of nitrogens with zero attached hydrogens (tertiary/aromatic N) is 3. The van der Waals surface area contributed by atoms with Gasteiger partial charge in [-0.2, -0.15) is 0 Å². The molecule has 2 rings (SSSR count). The van der Waals surface area contributed by atoms with E-state index in [1.165, 1.54) is 17.9 Å². The number of hydrogen-bond donors (Lipinski definition) is 2. The summed E-state index contributed by atoms with van der Waals surface area (Å²) >= 11 is 0. The second-order valence-corrected chi connectivity index (χ2v) is 3.33. The minimum atomic E-state index is -0.833. The van der Waals surface area contributed by atoms with Crippen LogP contribution >= 0.6 is 0 Å².